The zero-order chi connectivity index (χ0) is 17.7. The van der Waals surface area contributed by atoms with Crippen molar-refractivity contribution in [3.05, 3.63) is 46.8 Å². The van der Waals surface area contributed by atoms with Gasteiger partial charge in [0.15, 0.2) is 0 Å². The lowest BCUT2D eigenvalue weighted by Gasteiger charge is -2.08. The summed E-state index contributed by atoms with van der Waals surface area (Å²) < 4.78 is 2.07. The molecule has 0 aliphatic carbocycles. The van der Waals surface area contributed by atoms with Gasteiger partial charge < -0.3 is 5.32 Å². The van der Waals surface area contributed by atoms with E-state index in [1.165, 1.54) is 16.8 Å². The van der Waals surface area contributed by atoms with E-state index in [0.717, 1.165) is 30.8 Å². The third-order valence-electron chi connectivity index (χ3n) is 4.32. The molecule has 1 aromatic carbocycles. The van der Waals surface area contributed by atoms with Crippen molar-refractivity contribution >= 4 is 11.6 Å². The number of aryl methyl sites for hydroxylation is 2. The second-order valence-corrected chi connectivity index (χ2v) is 6.82. The van der Waals surface area contributed by atoms with Crippen LogP contribution < -0.4 is 5.32 Å². The van der Waals surface area contributed by atoms with E-state index in [1.54, 1.807) is 0 Å². The molecule has 130 valence electrons. The Morgan fingerprint density at radius 2 is 1.88 bits per heavy atom. The number of carbonyl (C=O) groups excluding carboxylic acids is 1. The Bertz CT molecular complexity index is 684. The Morgan fingerprint density at radius 1 is 1.21 bits per heavy atom. The molecule has 2 rings (SSSR count). The highest BCUT2D eigenvalue weighted by Crippen LogP contribution is 2.17. The first-order valence-corrected chi connectivity index (χ1v) is 8.82. The van der Waals surface area contributed by atoms with Crippen LogP contribution in [0.1, 0.15) is 49.7 Å². The summed E-state index contributed by atoms with van der Waals surface area (Å²) >= 11 is 0. The quantitative estimate of drug-likeness (QED) is 0.824. The van der Waals surface area contributed by atoms with E-state index in [2.05, 4.69) is 54.9 Å². The minimum absolute atomic E-state index is 0.0506. The minimum Gasteiger partial charge on any atom is -0.326 e. The Kier molecular flexibility index (Phi) is 6.18. The van der Waals surface area contributed by atoms with Crippen LogP contribution in [-0.2, 0) is 24.2 Å². The molecule has 0 unspecified atom stereocenters. The molecule has 0 aliphatic rings. The highest BCUT2D eigenvalue weighted by molar-refractivity contribution is 5.90. The number of carbonyl (C=O) groups is 1. The molecule has 1 N–H and O–H groups in total. The molecule has 0 bridgehead atoms. The van der Waals surface area contributed by atoms with Gasteiger partial charge in [-0.2, -0.15) is 5.10 Å². The third kappa shape index (κ3) is 4.70. The molecule has 0 atom stereocenters. The van der Waals surface area contributed by atoms with E-state index in [-0.39, 0.29) is 5.91 Å². The third-order valence-corrected chi connectivity index (χ3v) is 4.32. The van der Waals surface area contributed by atoms with Gasteiger partial charge >= 0.3 is 0 Å². The maximum Gasteiger partial charge on any atom is 0.224 e. The lowest BCUT2D eigenvalue weighted by molar-refractivity contribution is -0.116. The second-order valence-electron chi connectivity index (χ2n) is 6.82. The molecule has 0 saturated carbocycles. The van der Waals surface area contributed by atoms with E-state index < -0.39 is 0 Å². The minimum atomic E-state index is 0.0506. The van der Waals surface area contributed by atoms with Crippen molar-refractivity contribution in [3.63, 3.8) is 0 Å². The van der Waals surface area contributed by atoms with Crippen molar-refractivity contribution in [2.75, 3.05) is 5.32 Å². The van der Waals surface area contributed by atoms with Gasteiger partial charge in [0.25, 0.3) is 0 Å². The molecule has 4 heteroatoms. The number of benzene rings is 1. The van der Waals surface area contributed by atoms with Gasteiger partial charge in [0.1, 0.15) is 0 Å². The molecule has 0 spiro atoms. The van der Waals surface area contributed by atoms with Crippen molar-refractivity contribution < 1.29 is 4.79 Å². The molecule has 24 heavy (non-hydrogen) atoms. The van der Waals surface area contributed by atoms with Gasteiger partial charge in [0.05, 0.1) is 5.69 Å². The number of nitrogens with zero attached hydrogens (tertiary/aromatic N) is 2. The Morgan fingerprint density at radius 3 is 2.46 bits per heavy atom. The summed E-state index contributed by atoms with van der Waals surface area (Å²) in [4.78, 5) is 12.2. The number of hydrogen-bond donors (Lipinski definition) is 1. The monoisotopic (exact) mass is 327 g/mol. The summed E-state index contributed by atoms with van der Waals surface area (Å²) in [5.74, 6) is 0.611. The summed E-state index contributed by atoms with van der Waals surface area (Å²) in [6.45, 7) is 11.5. The summed E-state index contributed by atoms with van der Waals surface area (Å²) in [6.07, 6.45) is 2.21. The standard InChI is InChI=1S/C20H29N3O/c1-6-17-7-9-18(10-8-17)21-20(24)12-11-19-15(4)22-23(16(19)5)13-14(2)3/h7-10,14H,6,11-13H2,1-5H3,(H,21,24). The maximum atomic E-state index is 12.2. The maximum absolute atomic E-state index is 12.2. The average molecular weight is 327 g/mol. The van der Waals surface area contributed by atoms with Crippen LogP contribution in [0.4, 0.5) is 5.69 Å². The molecule has 0 fully saturated rings. The largest absolute Gasteiger partial charge is 0.326 e. The van der Waals surface area contributed by atoms with Crippen molar-refractivity contribution in [2.45, 2.75) is 60.4 Å². The molecule has 2 aromatic rings. The van der Waals surface area contributed by atoms with E-state index in [9.17, 15) is 4.79 Å². The predicted octanol–water partition coefficient (Wildman–Crippen LogP) is 4.29. The first kappa shape index (κ1) is 18.2. The van der Waals surface area contributed by atoms with Crippen molar-refractivity contribution in [2.24, 2.45) is 5.92 Å². The van der Waals surface area contributed by atoms with Gasteiger partial charge in [-0.3, -0.25) is 9.48 Å². The zero-order valence-corrected chi connectivity index (χ0v) is 15.5. The molecule has 1 aromatic heterocycles. The highest BCUT2D eigenvalue weighted by Gasteiger charge is 2.13. The van der Waals surface area contributed by atoms with Crippen LogP contribution in [0.15, 0.2) is 24.3 Å². The predicted molar refractivity (Wildman–Crippen MR) is 99.3 cm³/mol. The highest BCUT2D eigenvalue weighted by atomic mass is 16.1. The van der Waals surface area contributed by atoms with Crippen molar-refractivity contribution in [1.29, 1.82) is 0 Å². The van der Waals surface area contributed by atoms with E-state index in [4.69, 9.17) is 0 Å². The molecular formula is C20H29N3O. The topological polar surface area (TPSA) is 46.9 Å². The second kappa shape index (κ2) is 8.13. The Labute approximate surface area is 145 Å². The van der Waals surface area contributed by atoms with Gasteiger partial charge in [-0.05, 0) is 55.9 Å². The number of hydrogen-bond acceptors (Lipinski definition) is 2. The fourth-order valence-electron chi connectivity index (χ4n) is 2.91. The van der Waals surface area contributed by atoms with Crippen LogP contribution in [0.3, 0.4) is 0 Å². The van der Waals surface area contributed by atoms with Crippen LogP contribution in [-0.4, -0.2) is 15.7 Å². The van der Waals surface area contributed by atoms with Gasteiger partial charge in [0, 0.05) is 24.3 Å². The number of anilines is 1. The molecule has 1 heterocycles. The van der Waals surface area contributed by atoms with Gasteiger partial charge in [-0.15, -0.1) is 0 Å². The average Bonchev–Trinajstić information content (AvgIpc) is 2.79. The fraction of sp³-hybridized carbons (Fsp3) is 0.500. The van der Waals surface area contributed by atoms with Gasteiger partial charge in [0.2, 0.25) is 5.91 Å². The molecule has 0 radical (unpaired) electrons. The first-order chi connectivity index (χ1) is 11.4. The molecule has 0 aliphatic heterocycles. The van der Waals surface area contributed by atoms with Crippen LogP contribution in [0.5, 0.6) is 0 Å². The van der Waals surface area contributed by atoms with Crippen LogP contribution in [0.25, 0.3) is 0 Å². The first-order valence-electron chi connectivity index (χ1n) is 8.82. The van der Waals surface area contributed by atoms with E-state index in [1.807, 2.05) is 19.1 Å². The number of nitrogens with one attached hydrogen (secondary N) is 1. The Hall–Kier alpha value is -2.10. The zero-order valence-electron chi connectivity index (χ0n) is 15.5. The number of amides is 1. The summed E-state index contributed by atoms with van der Waals surface area (Å²) in [6, 6.07) is 8.04. The van der Waals surface area contributed by atoms with Crippen LogP contribution in [0.2, 0.25) is 0 Å². The fourth-order valence-corrected chi connectivity index (χ4v) is 2.91. The smallest absolute Gasteiger partial charge is 0.224 e. The Balaban J connectivity index is 1.94. The van der Waals surface area contributed by atoms with Crippen molar-refractivity contribution in [1.82, 2.24) is 9.78 Å². The lowest BCUT2D eigenvalue weighted by Crippen LogP contribution is -2.13. The summed E-state index contributed by atoms with van der Waals surface area (Å²) in [5, 5.41) is 7.59. The van der Waals surface area contributed by atoms with Crippen LogP contribution >= 0.6 is 0 Å². The molecule has 4 nitrogen and oxygen atoms in total. The number of rotatable bonds is 7. The van der Waals surface area contributed by atoms with E-state index in [0.29, 0.717) is 12.3 Å². The summed E-state index contributed by atoms with van der Waals surface area (Å²) in [7, 11) is 0. The summed E-state index contributed by atoms with van der Waals surface area (Å²) in [5.41, 5.74) is 5.56. The van der Waals surface area contributed by atoms with Crippen molar-refractivity contribution in [3.8, 4) is 0 Å². The lowest BCUT2D eigenvalue weighted by atomic mass is 10.1. The van der Waals surface area contributed by atoms with E-state index >= 15 is 0 Å². The molecule has 0 saturated heterocycles. The molecular weight excluding hydrogens is 298 g/mol. The van der Waals surface area contributed by atoms with Gasteiger partial charge in [-0.1, -0.05) is 32.9 Å². The SMILES string of the molecule is CCc1ccc(NC(=O)CCc2c(C)nn(CC(C)C)c2C)cc1. The molecule has 1 amide bonds. The van der Waals surface area contributed by atoms with Crippen LogP contribution in [0, 0.1) is 19.8 Å². The number of aromatic nitrogens is 2. The van der Waals surface area contributed by atoms with Gasteiger partial charge in [-0.25, -0.2) is 0 Å². The normalized spacial score (nSPS) is 11.1.